The smallest absolute Gasteiger partial charge is 0.274 e. The second kappa shape index (κ2) is 8.26. The average Bonchev–Trinajstić information content (AvgIpc) is 2.64. The van der Waals surface area contributed by atoms with Crippen molar-refractivity contribution in [1.29, 1.82) is 0 Å². The van der Waals surface area contributed by atoms with E-state index in [1.807, 2.05) is 0 Å². The van der Waals surface area contributed by atoms with E-state index in [1.54, 1.807) is 30.3 Å². The molecular formula is C20H16F2N4O2. The van der Waals surface area contributed by atoms with Gasteiger partial charge in [-0.05, 0) is 42.5 Å². The molecule has 1 heterocycles. The number of hydrogen-bond donors (Lipinski definition) is 3. The van der Waals surface area contributed by atoms with Gasteiger partial charge < -0.3 is 16.0 Å². The van der Waals surface area contributed by atoms with Gasteiger partial charge in [0, 0.05) is 24.4 Å². The monoisotopic (exact) mass is 382 g/mol. The largest absolute Gasteiger partial charge is 0.352 e. The molecule has 6 nitrogen and oxygen atoms in total. The van der Waals surface area contributed by atoms with Crippen LogP contribution in [-0.2, 0) is 4.79 Å². The topological polar surface area (TPSA) is 83.1 Å². The molecule has 0 saturated carbocycles. The molecule has 142 valence electrons. The van der Waals surface area contributed by atoms with Gasteiger partial charge in [0.15, 0.2) is 0 Å². The highest BCUT2D eigenvalue weighted by atomic mass is 19.1. The Morgan fingerprint density at radius 3 is 2.29 bits per heavy atom. The van der Waals surface area contributed by atoms with Crippen molar-refractivity contribution in [3.05, 3.63) is 78.1 Å². The molecule has 0 aliphatic rings. The molecule has 0 fully saturated rings. The molecule has 3 aromatic rings. The van der Waals surface area contributed by atoms with Crippen molar-refractivity contribution in [3.8, 4) is 0 Å². The molecule has 28 heavy (non-hydrogen) atoms. The van der Waals surface area contributed by atoms with Gasteiger partial charge in [-0.1, -0.05) is 6.07 Å². The number of benzene rings is 2. The fourth-order valence-electron chi connectivity index (χ4n) is 2.42. The van der Waals surface area contributed by atoms with Gasteiger partial charge in [0.2, 0.25) is 5.91 Å². The van der Waals surface area contributed by atoms with E-state index in [4.69, 9.17) is 0 Å². The number of rotatable bonds is 5. The Kier molecular flexibility index (Phi) is 5.59. The third-order valence-corrected chi connectivity index (χ3v) is 3.65. The van der Waals surface area contributed by atoms with E-state index >= 15 is 0 Å². The van der Waals surface area contributed by atoms with Crippen LogP contribution < -0.4 is 16.0 Å². The number of pyridine rings is 1. The van der Waals surface area contributed by atoms with Crippen molar-refractivity contribution in [2.24, 2.45) is 0 Å². The van der Waals surface area contributed by atoms with Crippen molar-refractivity contribution >= 4 is 34.6 Å². The number of halogens is 2. The van der Waals surface area contributed by atoms with Crippen LogP contribution in [-0.4, -0.2) is 16.8 Å². The molecule has 0 unspecified atom stereocenters. The second-order valence-corrected chi connectivity index (χ2v) is 5.90. The minimum absolute atomic E-state index is 0.0928. The summed E-state index contributed by atoms with van der Waals surface area (Å²) in [6.45, 7) is 1.39. The normalized spacial score (nSPS) is 10.2. The molecule has 0 aliphatic heterocycles. The van der Waals surface area contributed by atoms with Gasteiger partial charge in [-0.15, -0.1) is 0 Å². The minimum Gasteiger partial charge on any atom is -0.352 e. The average molecular weight is 382 g/mol. The van der Waals surface area contributed by atoms with Crippen LogP contribution >= 0.6 is 0 Å². The third-order valence-electron chi connectivity index (χ3n) is 3.65. The zero-order chi connectivity index (χ0) is 20.1. The van der Waals surface area contributed by atoms with Crippen molar-refractivity contribution in [2.45, 2.75) is 6.92 Å². The lowest BCUT2D eigenvalue weighted by Crippen LogP contribution is -2.14. The van der Waals surface area contributed by atoms with Crippen molar-refractivity contribution < 1.29 is 18.4 Å². The molecule has 0 aliphatic carbocycles. The number of aromatic nitrogens is 1. The van der Waals surface area contributed by atoms with E-state index in [-0.39, 0.29) is 17.3 Å². The highest BCUT2D eigenvalue weighted by molar-refractivity contribution is 6.03. The van der Waals surface area contributed by atoms with E-state index < -0.39 is 17.5 Å². The number of anilines is 4. The number of carbonyl (C=O) groups is 2. The van der Waals surface area contributed by atoms with Gasteiger partial charge in [0.25, 0.3) is 5.91 Å². The summed E-state index contributed by atoms with van der Waals surface area (Å²) in [6.07, 6.45) is 1.37. The van der Waals surface area contributed by atoms with Gasteiger partial charge in [-0.2, -0.15) is 0 Å². The van der Waals surface area contributed by atoms with E-state index in [1.165, 1.54) is 25.3 Å². The van der Waals surface area contributed by atoms with Crippen molar-refractivity contribution in [1.82, 2.24) is 4.98 Å². The molecule has 8 heteroatoms. The SMILES string of the molecule is CC(=O)Nc1cccc(NC(=O)c2ccc(Nc3ccc(F)cc3F)cn2)c1. The Morgan fingerprint density at radius 2 is 1.64 bits per heavy atom. The van der Waals surface area contributed by atoms with Gasteiger partial charge in [0.1, 0.15) is 17.3 Å². The molecule has 1 aromatic heterocycles. The van der Waals surface area contributed by atoms with Crippen LogP contribution in [0.3, 0.4) is 0 Å². The zero-order valence-corrected chi connectivity index (χ0v) is 14.8. The molecule has 0 saturated heterocycles. The van der Waals surface area contributed by atoms with Gasteiger partial charge in [-0.3, -0.25) is 9.59 Å². The maximum Gasteiger partial charge on any atom is 0.274 e. The van der Waals surface area contributed by atoms with Crippen LogP contribution in [0.2, 0.25) is 0 Å². The molecule has 3 N–H and O–H groups in total. The van der Waals surface area contributed by atoms with Crippen LogP contribution in [0.4, 0.5) is 31.5 Å². The summed E-state index contributed by atoms with van der Waals surface area (Å²) in [7, 11) is 0. The first-order valence-corrected chi connectivity index (χ1v) is 8.28. The molecule has 0 radical (unpaired) electrons. The molecular weight excluding hydrogens is 366 g/mol. The fraction of sp³-hybridized carbons (Fsp3) is 0.0500. The first-order valence-electron chi connectivity index (χ1n) is 8.28. The van der Waals surface area contributed by atoms with E-state index in [2.05, 4.69) is 20.9 Å². The Balaban J connectivity index is 1.67. The van der Waals surface area contributed by atoms with E-state index in [0.29, 0.717) is 17.1 Å². The lowest BCUT2D eigenvalue weighted by atomic mass is 10.2. The summed E-state index contributed by atoms with van der Waals surface area (Å²) < 4.78 is 26.6. The maximum atomic E-state index is 13.7. The van der Waals surface area contributed by atoms with Crippen LogP contribution in [0.1, 0.15) is 17.4 Å². The Labute approximate surface area is 159 Å². The highest BCUT2D eigenvalue weighted by Gasteiger charge is 2.09. The number of amides is 2. The molecule has 0 spiro atoms. The first-order chi connectivity index (χ1) is 13.4. The van der Waals surface area contributed by atoms with Crippen LogP contribution in [0, 0.1) is 11.6 Å². The van der Waals surface area contributed by atoms with Crippen LogP contribution in [0.5, 0.6) is 0 Å². The summed E-state index contributed by atoms with van der Waals surface area (Å²) in [5, 5.41) is 8.07. The molecule has 0 bridgehead atoms. The predicted molar refractivity (Wildman–Crippen MR) is 103 cm³/mol. The molecule has 3 rings (SSSR count). The maximum absolute atomic E-state index is 13.7. The standard InChI is InChI=1S/C20H16F2N4O2/c1-12(27)24-14-3-2-4-15(10-14)26-20(28)19-8-6-16(11-23-19)25-18-7-5-13(21)9-17(18)22/h2-11,25H,1H3,(H,24,27)(H,26,28). The Bertz CT molecular complexity index is 1020. The lowest BCUT2D eigenvalue weighted by molar-refractivity contribution is -0.114. The predicted octanol–water partition coefficient (Wildman–Crippen LogP) is 4.31. The number of carbonyl (C=O) groups excluding carboxylic acids is 2. The minimum atomic E-state index is -0.735. The van der Waals surface area contributed by atoms with Crippen molar-refractivity contribution in [2.75, 3.05) is 16.0 Å². The van der Waals surface area contributed by atoms with Crippen LogP contribution in [0.15, 0.2) is 60.8 Å². The summed E-state index contributed by atoms with van der Waals surface area (Å²) >= 11 is 0. The molecule has 2 aromatic carbocycles. The van der Waals surface area contributed by atoms with E-state index in [9.17, 15) is 18.4 Å². The zero-order valence-electron chi connectivity index (χ0n) is 14.8. The van der Waals surface area contributed by atoms with Crippen LogP contribution in [0.25, 0.3) is 0 Å². The van der Waals surface area contributed by atoms with Gasteiger partial charge in [-0.25, -0.2) is 13.8 Å². The third kappa shape index (κ3) is 4.88. The summed E-state index contributed by atoms with van der Waals surface area (Å²) in [6, 6.07) is 12.9. The Morgan fingerprint density at radius 1 is 0.893 bits per heavy atom. The summed E-state index contributed by atoms with van der Waals surface area (Å²) in [5.74, 6) is -2.07. The van der Waals surface area contributed by atoms with E-state index in [0.717, 1.165) is 12.1 Å². The number of nitrogens with zero attached hydrogens (tertiary/aromatic N) is 1. The van der Waals surface area contributed by atoms with Crippen molar-refractivity contribution in [3.63, 3.8) is 0 Å². The lowest BCUT2D eigenvalue weighted by Gasteiger charge is -2.09. The number of hydrogen-bond acceptors (Lipinski definition) is 4. The highest BCUT2D eigenvalue weighted by Crippen LogP contribution is 2.21. The molecule has 0 atom stereocenters. The first kappa shape index (κ1) is 19.0. The summed E-state index contributed by atoms with van der Waals surface area (Å²) in [5.41, 5.74) is 1.73. The summed E-state index contributed by atoms with van der Waals surface area (Å²) in [4.78, 5) is 27.5. The quantitative estimate of drug-likeness (QED) is 0.614. The molecule has 2 amide bonds. The van der Waals surface area contributed by atoms with Gasteiger partial charge in [0.05, 0.1) is 17.6 Å². The second-order valence-electron chi connectivity index (χ2n) is 5.90. The number of nitrogens with one attached hydrogen (secondary N) is 3. The Hall–Kier alpha value is -3.81. The fourth-order valence-corrected chi connectivity index (χ4v) is 2.42. The van der Waals surface area contributed by atoms with Gasteiger partial charge >= 0.3 is 0 Å².